The van der Waals surface area contributed by atoms with E-state index in [0.29, 0.717) is 18.0 Å². The fraction of sp³-hybridized carbons (Fsp3) is 0.348. The number of ether oxygens (including phenoxy) is 1. The number of piperidine rings is 1. The summed E-state index contributed by atoms with van der Waals surface area (Å²) in [5.41, 5.74) is 0.643. The van der Waals surface area contributed by atoms with Gasteiger partial charge in [0.1, 0.15) is 5.75 Å². The average Bonchev–Trinajstić information content (AvgIpc) is 3.03. The van der Waals surface area contributed by atoms with Crippen LogP contribution >= 0.6 is 0 Å². The van der Waals surface area contributed by atoms with Gasteiger partial charge in [0.25, 0.3) is 17.7 Å². The largest absolute Gasteiger partial charge is 0.494 e. The molecule has 6 nitrogen and oxygen atoms in total. The fourth-order valence-electron chi connectivity index (χ4n) is 4.08. The molecule has 0 saturated carbocycles. The molecule has 1 saturated heterocycles. The van der Waals surface area contributed by atoms with Crippen LogP contribution in [0, 0.1) is 5.92 Å². The summed E-state index contributed by atoms with van der Waals surface area (Å²) in [5, 5.41) is 0. The van der Waals surface area contributed by atoms with Crippen molar-refractivity contribution < 1.29 is 32.3 Å². The Balaban J connectivity index is 1.57. The number of anilines is 1. The highest BCUT2D eigenvalue weighted by atomic mass is 19.4. The zero-order chi connectivity index (χ0) is 23.0. The number of carbonyl (C=O) groups excluding carboxylic acids is 3. The van der Waals surface area contributed by atoms with Gasteiger partial charge in [0, 0.05) is 18.7 Å². The molecule has 0 aromatic heterocycles. The molecule has 1 atom stereocenters. The van der Waals surface area contributed by atoms with E-state index >= 15 is 0 Å². The summed E-state index contributed by atoms with van der Waals surface area (Å²) in [7, 11) is 0. The van der Waals surface area contributed by atoms with Gasteiger partial charge in [-0.1, -0.05) is 0 Å². The minimum absolute atomic E-state index is 0.0124. The van der Waals surface area contributed by atoms with Crippen LogP contribution < -0.4 is 9.64 Å². The van der Waals surface area contributed by atoms with Gasteiger partial charge in [0.05, 0.1) is 29.3 Å². The Bertz CT molecular complexity index is 1070. The Kier molecular flexibility index (Phi) is 5.66. The third kappa shape index (κ3) is 3.94. The minimum Gasteiger partial charge on any atom is -0.494 e. The summed E-state index contributed by atoms with van der Waals surface area (Å²) in [6.07, 6.45) is -4.12. The lowest BCUT2D eigenvalue weighted by atomic mass is 9.96. The molecule has 4 rings (SSSR count). The van der Waals surface area contributed by atoms with E-state index in [2.05, 4.69) is 0 Å². The first-order valence-electron chi connectivity index (χ1n) is 10.3. The number of amides is 3. The quantitative estimate of drug-likeness (QED) is 0.657. The van der Waals surface area contributed by atoms with E-state index in [1.165, 1.54) is 18.2 Å². The smallest absolute Gasteiger partial charge is 0.393 e. The van der Waals surface area contributed by atoms with Crippen LogP contribution in [-0.4, -0.2) is 48.5 Å². The van der Waals surface area contributed by atoms with E-state index in [9.17, 15) is 27.6 Å². The first kappa shape index (κ1) is 21.9. The lowest BCUT2D eigenvalue weighted by Crippen LogP contribution is -2.44. The van der Waals surface area contributed by atoms with Crippen molar-refractivity contribution in [3.63, 3.8) is 0 Å². The number of carbonyl (C=O) groups is 3. The molecule has 168 valence electrons. The first-order valence-corrected chi connectivity index (χ1v) is 10.3. The number of hydrogen-bond donors (Lipinski definition) is 0. The third-order valence-electron chi connectivity index (χ3n) is 5.71. The molecule has 2 aromatic carbocycles. The number of hydrogen-bond acceptors (Lipinski definition) is 4. The maximum absolute atomic E-state index is 13.1. The highest BCUT2D eigenvalue weighted by molar-refractivity contribution is 6.34. The van der Waals surface area contributed by atoms with Crippen LogP contribution in [0.4, 0.5) is 18.9 Å². The number of imide groups is 1. The maximum atomic E-state index is 13.1. The third-order valence-corrected chi connectivity index (χ3v) is 5.71. The van der Waals surface area contributed by atoms with Crippen molar-refractivity contribution in [1.29, 1.82) is 0 Å². The molecule has 32 heavy (non-hydrogen) atoms. The SMILES string of the molecule is CCOc1ccc(N2C(=O)c3ccc(C(=O)N4CCC[C@@H](C(F)(F)F)C4)cc3C2=O)cc1. The van der Waals surface area contributed by atoms with E-state index in [1.807, 2.05) is 6.92 Å². The molecule has 2 aliphatic rings. The Labute approximate surface area is 182 Å². The number of fused-ring (bicyclic) bond motifs is 1. The van der Waals surface area contributed by atoms with Crippen LogP contribution in [0.5, 0.6) is 5.75 Å². The molecule has 0 spiro atoms. The van der Waals surface area contributed by atoms with E-state index in [-0.39, 0.29) is 36.1 Å². The predicted octanol–water partition coefficient (Wildman–Crippen LogP) is 4.30. The molecule has 0 unspecified atom stereocenters. The standard InChI is InChI=1S/C23H21F3N2O4/c1-2-32-17-8-6-16(7-9-17)28-21(30)18-10-5-14(12-19(18)22(28)31)20(29)27-11-3-4-15(13-27)23(24,25)26/h5-10,12,15H,2-4,11,13H2,1H3/t15-/m1/s1. The lowest BCUT2D eigenvalue weighted by Gasteiger charge is -2.33. The van der Waals surface area contributed by atoms with Crippen molar-refractivity contribution in [2.75, 3.05) is 24.6 Å². The maximum Gasteiger partial charge on any atom is 0.393 e. The summed E-state index contributed by atoms with van der Waals surface area (Å²) in [6, 6.07) is 10.5. The summed E-state index contributed by atoms with van der Waals surface area (Å²) < 4.78 is 44.6. The van der Waals surface area contributed by atoms with Gasteiger partial charge in [-0.05, 0) is 62.2 Å². The van der Waals surface area contributed by atoms with E-state index in [4.69, 9.17) is 4.74 Å². The van der Waals surface area contributed by atoms with Gasteiger partial charge in [0.15, 0.2) is 0 Å². The molecule has 1 fully saturated rings. The molecule has 0 N–H and O–H groups in total. The van der Waals surface area contributed by atoms with E-state index in [1.54, 1.807) is 24.3 Å². The molecule has 3 amide bonds. The monoisotopic (exact) mass is 446 g/mol. The Morgan fingerprint density at radius 1 is 1.06 bits per heavy atom. The van der Waals surface area contributed by atoms with Crippen molar-refractivity contribution in [3.05, 3.63) is 59.2 Å². The van der Waals surface area contributed by atoms with Crippen molar-refractivity contribution in [2.24, 2.45) is 5.92 Å². The molecular weight excluding hydrogens is 425 g/mol. The second-order valence-corrected chi connectivity index (χ2v) is 7.76. The van der Waals surface area contributed by atoms with Crippen LogP contribution in [0.2, 0.25) is 0 Å². The van der Waals surface area contributed by atoms with E-state index < -0.39 is 36.4 Å². The molecule has 0 bridgehead atoms. The molecular formula is C23H21F3N2O4. The highest BCUT2D eigenvalue weighted by Gasteiger charge is 2.43. The van der Waals surface area contributed by atoms with Crippen LogP contribution in [0.15, 0.2) is 42.5 Å². The van der Waals surface area contributed by atoms with Crippen molar-refractivity contribution in [1.82, 2.24) is 4.90 Å². The minimum atomic E-state index is -4.36. The number of rotatable bonds is 4. The summed E-state index contributed by atoms with van der Waals surface area (Å²) in [6.45, 7) is 2.12. The number of likely N-dealkylation sites (tertiary alicyclic amines) is 1. The fourth-order valence-corrected chi connectivity index (χ4v) is 4.08. The highest BCUT2D eigenvalue weighted by Crippen LogP contribution is 2.34. The van der Waals surface area contributed by atoms with Gasteiger partial charge in [0.2, 0.25) is 0 Å². The normalized spacial score (nSPS) is 18.7. The van der Waals surface area contributed by atoms with Crippen molar-refractivity contribution in [2.45, 2.75) is 25.9 Å². The number of alkyl halides is 3. The molecule has 0 aliphatic carbocycles. The Morgan fingerprint density at radius 2 is 1.75 bits per heavy atom. The topological polar surface area (TPSA) is 66.9 Å². The Hall–Kier alpha value is -3.36. The zero-order valence-corrected chi connectivity index (χ0v) is 17.3. The van der Waals surface area contributed by atoms with Gasteiger partial charge in [-0.3, -0.25) is 14.4 Å². The number of halogens is 3. The molecule has 2 heterocycles. The lowest BCUT2D eigenvalue weighted by molar-refractivity contribution is -0.184. The first-order chi connectivity index (χ1) is 15.2. The number of benzene rings is 2. The van der Waals surface area contributed by atoms with Gasteiger partial charge < -0.3 is 9.64 Å². The summed E-state index contributed by atoms with van der Waals surface area (Å²) in [5.74, 6) is -2.66. The van der Waals surface area contributed by atoms with Crippen LogP contribution in [0.3, 0.4) is 0 Å². The van der Waals surface area contributed by atoms with Crippen molar-refractivity contribution >= 4 is 23.4 Å². The second kappa shape index (κ2) is 8.29. The molecule has 2 aromatic rings. The van der Waals surface area contributed by atoms with Crippen LogP contribution in [0.25, 0.3) is 0 Å². The van der Waals surface area contributed by atoms with Gasteiger partial charge >= 0.3 is 6.18 Å². The zero-order valence-electron chi connectivity index (χ0n) is 17.3. The summed E-state index contributed by atoms with van der Waals surface area (Å²) in [4.78, 5) is 40.8. The van der Waals surface area contributed by atoms with Crippen LogP contribution in [0.1, 0.15) is 50.8 Å². The summed E-state index contributed by atoms with van der Waals surface area (Å²) >= 11 is 0. The predicted molar refractivity (Wildman–Crippen MR) is 110 cm³/mol. The molecule has 9 heteroatoms. The van der Waals surface area contributed by atoms with Crippen LogP contribution in [-0.2, 0) is 0 Å². The van der Waals surface area contributed by atoms with Gasteiger partial charge in [-0.15, -0.1) is 0 Å². The van der Waals surface area contributed by atoms with Gasteiger partial charge in [-0.25, -0.2) is 4.90 Å². The average molecular weight is 446 g/mol. The van der Waals surface area contributed by atoms with E-state index in [0.717, 1.165) is 9.80 Å². The molecule has 0 radical (unpaired) electrons. The second-order valence-electron chi connectivity index (χ2n) is 7.76. The van der Waals surface area contributed by atoms with Crippen molar-refractivity contribution in [3.8, 4) is 5.75 Å². The molecule has 2 aliphatic heterocycles. The Morgan fingerprint density at radius 3 is 2.41 bits per heavy atom. The number of nitrogens with zero attached hydrogens (tertiary/aromatic N) is 2. The van der Waals surface area contributed by atoms with Gasteiger partial charge in [-0.2, -0.15) is 13.2 Å².